The molecule has 3 nitrogen and oxygen atoms in total. The Labute approximate surface area is 92.5 Å². The van der Waals surface area contributed by atoms with Crippen molar-refractivity contribution in [2.24, 2.45) is 11.3 Å². The Morgan fingerprint density at radius 2 is 1.93 bits per heavy atom. The lowest BCUT2D eigenvalue weighted by Gasteiger charge is -2.36. The first-order chi connectivity index (χ1) is 6.74. The maximum absolute atomic E-state index is 9.41. The minimum Gasteiger partial charge on any atom is -0.481 e. The van der Waals surface area contributed by atoms with Crippen LogP contribution in [0.25, 0.3) is 0 Å². The van der Waals surface area contributed by atoms with Gasteiger partial charge in [-0.15, -0.1) is 0 Å². The van der Waals surface area contributed by atoms with E-state index in [1.807, 2.05) is 6.92 Å². The Hall–Kier alpha value is -0.570. The van der Waals surface area contributed by atoms with Gasteiger partial charge in [-0.2, -0.15) is 0 Å². The number of aliphatic hydroxyl groups is 1. The van der Waals surface area contributed by atoms with Gasteiger partial charge >= 0.3 is 0 Å². The molecule has 0 heterocycles. The van der Waals surface area contributed by atoms with E-state index in [0.717, 1.165) is 6.92 Å². The van der Waals surface area contributed by atoms with Crippen LogP contribution in [0.2, 0.25) is 0 Å². The molecule has 2 atom stereocenters. The zero-order valence-electron chi connectivity index (χ0n) is 10.3. The maximum atomic E-state index is 9.41. The van der Waals surface area contributed by atoms with Crippen molar-refractivity contribution < 1.29 is 15.0 Å². The van der Waals surface area contributed by atoms with Crippen LogP contribution in [0.5, 0.6) is 0 Å². The molecule has 0 amide bonds. The molecule has 1 aliphatic rings. The van der Waals surface area contributed by atoms with Gasteiger partial charge in [-0.3, -0.25) is 4.79 Å². The van der Waals surface area contributed by atoms with Gasteiger partial charge < -0.3 is 10.2 Å². The highest BCUT2D eigenvalue weighted by atomic mass is 16.4. The van der Waals surface area contributed by atoms with Crippen LogP contribution >= 0.6 is 0 Å². The van der Waals surface area contributed by atoms with Crippen molar-refractivity contribution in [2.45, 2.75) is 59.5 Å². The SMILES string of the molecule is CC(=O)O.CC(O)C1CCCC(C)(C)C1. The Morgan fingerprint density at radius 1 is 1.47 bits per heavy atom. The Morgan fingerprint density at radius 3 is 2.20 bits per heavy atom. The van der Waals surface area contributed by atoms with Gasteiger partial charge in [-0.1, -0.05) is 20.3 Å². The van der Waals surface area contributed by atoms with Gasteiger partial charge in [0.15, 0.2) is 0 Å². The Balaban J connectivity index is 0.000000423. The van der Waals surface area contributed by atoms with E-state index in [1.165, 1.54) is 25.7 Å². The molecular weight excluding hydrogens is 192 g/mol. The van der Waals surface area contributed by atoms with Crippen LogP contribution in [-0.4, -0.2) is 22.3 Å². The minimum atomic E-state index is -0.833. The summed E-state index contributed by atoms with van der Waals surface area (Å²) in [5.41, 5.74) is 0.472. The zero-order chi connectivity index (χ0) is 12.1. The lowest BCUT2D eigenvalue weighted by molar-refractivity contribution is -0.134. The first-order valence-corrected chi connectivity index (χ1v) is 5.62. The Kier molecular flexibility index (Phi) is 5.88. The third-order valence-corrected chi connectivity index (χ3v) is 2.93. The van der Waals surface area contributed by atoms with Crippen molar-refractivity contribution in [3.8, 4) is 0 Å². The summed E-state index contributed by atoms with van der Waals surface area (Å²) < 4.78 is 0. The number of hydrogen-bond donors (Lipinski definition) is 2. The number of aliphatic carboxylic acids is 1. The van der Waals surface area contributed by atoms with Crippen LogP contribution in [0, 0.1) is 11.3 Å². The molecule has 0 spiro atoms. The summed E-state index contributed by atoms with van der Waals surface area (Å²) in [6, 6.07) is 0. The summed E-state index contributed by atoms with van der Waals surface area (Å²) in [6.07, 6.45) is 4.94. The summed E-state index contributed by atoms with van der Waals surface area (Å²) in [4.78, 5) is 9.00. The van der Waals surface area contributed by atoms with E-state index < -0.39 is 5.97 Å². The van der Waals surface area contributed by atoms with Gasteiger partial charge in [-0.05, 0) is 37.5 Å². The largest absolute Gasteiger partial charge is 0.481 e. The molecule has 0 aromatic heterocycles. The predicted octanol–water partition coefficient (Wildman–Crippen LogP) is 2.67. The highest BCUT2D eigenvalue weighted by molar-refractivity contribution is 5.62. The molecule has 15 heavy (non-hydrogen) atoms. The van der Waals surface area contributed by atoms with Crippen molar-refractivity contribution in [3.63, 3.8) is 0 Å². The van der Waals surface area contributed by atoms with Gasteiger partial charge in [0.05, 0.1) is 6.10 Å². The molecule has 2 unspecified atom stereocenters. The van der Waals surface area contributed by atoms with Gasteiger partial charge in [0.1, 0.15) is 0 Å². The summed E-state index contributed by atoms with van der Waals surface area (Å²) in [7, 11) is 0. The molecule has 0 aromatic rings. The van der Waals surface area contributed by atoms with Crippen LogP contribution < -0.4 is 0 Å². The van der Waals surface area contributed by atoms with E-state index in [-0.39, 0.29) is 6.10 Å². The van der Waals surface area contributed by atoms with Crippen LogP contribution in [0.3, 0.4) is 0 Å². The molecular formula is C12H24O3. The summed E-state index contributed by atoms with van der Waals surface area (Å²) >= 11 is 0. The number of aliphatic hydroxyl groups excluding tert-OH is 1. The molecule has 0 aliphatic heterocycles. The van der Waals surface area contributed by atoms with Crippen LogP contribution in [0.1, 0.15) is 53.4 Å². The van der Waals surface area contributed by atoms with E-state index in [4.69, 9.17) is 9.90 Å². The molecule has 0 aromatic carbocycles. The molecule has 1 saturated carbocycles. The predicted molar refractivity (Wildman–Crippen MR) is 60.7 cm³/mol. The standard InChI is InChI=1S/C10H20O.C2H4O2/c1-8(11)9-5-4-6-10(2,3)7-9;1-2(3)4/h8-9,11H,4-7H2,1-3H3;1H3,(H,3,4). The molecule has 3 heteroatoms. The molecule has 1 fully saturated rings. The zero-order valence-corrected chi connectivity index (χ0v) is 10.3. The van der Waals surface area contributed by atoms with E-state index in [1.54, 1.807) is 0 Å². The van der Waals surface area contributed by atoms with Gasteiger partial charge in [0.25, 0.3) is 5.97 Å². The molecule has 2 N–H and O–H groups in total. The molecule has 90 valence electrons. The molecule has 0 saturated heterocycles. The topological polar surface area (TPSA) is 57.5 Å². The second-order valence-corrected chi connectivity index (χ2v) is 5.28. The second kappa shape index (κ2) is 6.11. The third kappa shape index (κ3) is 7.37. The van der Waals surface area contributed by atoms with Gasteiger partial charge in [0.2, 0.25) is 0 Å². The summed E-state index contributed by atoms with van der Waals surface area (Å²) in [5.74, 6) is -0.279. The smallest absolute Gasteiger partial charge is 0.300 e. The fourth-order valence-electron chi connectivity index (χ4n) is 2.17. The first kappa shape index (κ1) is 14.4. The van der Waals surface area contributed by atoms with Crippen molar-refractivity contribution >= 4 is 5.97 Å². The second-order valence-electron chi connectivity index (χ2n) is 5.28. The van der Waals surface area contributed by atoms with Crippen molar-refractivity contribution in [3.05, 3.63) is 0 Å². The first-order valence-electron chi connectivity index (χ1n) is 5.62. The average Bonchev–Trinajstić information content (AvgIpc) is 2.00. The number of carboxylic acid groups (broad SMARTS) is 1. The lowest BCUT2D eigenvalue weighted by Crippen LogP contribution is -2.28. The fraction of sp³-hybridized carbons (Fsp3) is 0.917. The van der Waals surface area contributed by atoms with Crippen LogP contribution in [-0.2, 0) is 4.79 Å². The third-order valence-electron chi connectivity index (χ3n) is 2.93. The van der Waals surface area contributed by atoms with E-state index in [9.17, 15) is 5.11 Å². The average molecular weight is 216 g/mol. The normalized spacial score (nSPS) is 26.1. The van der Waals surface area contributed by atoms with Gasteiger partial charge in [-0.25, -0.2) is 0 Å². The number of carboxylic acids is 1. The van der Waals surface area contributed by atoms with Crippen molar-refractivity contribution in [2.75, 3.05) is 0 Å². The summed E-state index contributed by atoms with van der Waals surface area (Å²) in [6.45, 7) is 7.62. The summed E-state index contributed by atoms with van der Waals surface area (Å²) in [5, 5.41) is 16.8. The highest BCUT2D eigenvalue weighted by Crippen LogP contribution is 2.39. The van der Waals surface area contributed by atoms with Crippen LogP contribution in [0.4, 0.5) is 0 Å². The van der Waals surface area contributed by atoms with E-state index in [0.29, 0.717) is 11.3 Å². The monoisotopic (exact) mass is 216 g/mol. The van der Waals surface area contributed by atoms with Gasteiger partial charge in [0, 0.05) is 6.92 Å². The van der Waals surface area contributed by atoms with E-state index in [2.05, 4.69) is 13.8 Å². The number of hydrogen-bond acceptors (Lipinski definition) is 2. The maximum Gasteiger partial charge on any atom is 0.300 e. The molecule has 1 rings (SSSR count). The van der Waals surface area contributed by atoms with Crippen LogP contribution in [0.15, 0.2) is 0 Å². The molecule has 1 aliphatic carbocycles. The number of carbonyl (C=O) groups is 1. The lowest BCUT2D eigenvalue weighted by atomic mass is 9.71. The quantitative estimate of drug-likeness (QED) is 0.708. The minimum absolute atomic E-state index is 0.102. The van der Waals surface area contributed by atoms with Crippen molar-refractivity contribution in [1.82, 2.24) is 0 Å². The van der Waals surface area contributed by atoms with E-state index >= 15 is 0 Å². The Bertz CT molecular complexity index is 193. The molecule has 0 radical (unpaired) electrons. The fourth-order valence-corrected chi connectivity index (χ4v) is 2.17. The molecule has 0 bridgehead atoms. The number of rotatable bonds is 1. The van der Waals surface area contributed by atoms with Crippen molar-refractivity contribution in [1.29, 1.82) is 0 Å². The highest BCUT2D eigenvalue weighted by Gasteiger charge is 2.29.